The maximum Gasteiger partial charge on any atom is 0.416 e. The van der Waals surface area contributed by atoms with Crippen LogP contribution < -0.4 is 5.32 Å². The third-order valence-corrected chi connectivity index (χ3v) is 5.54. The van der Waals surface area contributed by atoms with E-state index in [9.17, 15) is 22.8 Å². The van der Waals surface area contributed by atoms with Crippen molar-refractivity contribution in [2.75, 3.05) is 32.7 Å². The van der Waals surface area contributed by atoms with E-state index in [1.807, 2.05) is 0 Å². The Hall–Kier alpha value is -2.29. The average Bonchev–Trinajstić information content (AvgIpc) is 2.72. The van der Waals surface area contributed by atoms with E-state index in [4.69, 9.17) is 23.2 Å². The summed E-state index contributed by atoms with van der Waals surface area (Å²) in [4.78, 5) is 28.3. The van der Waals surface area contributed by atoms with Crippen molar-refractivity contribution in [1.29, 1.82) is 0 Å². The second-order valence-electron chi connectivity index (χ2n) is 7.16. The Morgan fingerprint density at radius 1 is 0.968 bits per heavy atom. The average molecular weight is 474 g/mol. The number of carbonyl (C=O) groups is 2. The molecule has 2 amide bonds. The first kappa shape index (κ1) is 23.4. The fourth-order valence-corrected chi connectivity index (χ4v) is 3.74. The molecule has 1 aliphatic rings. The summed E-state index contributed by atoms with van der Waals surface area (Å²) < 4.78 is 38.0. The first-order valence-electron chi connectivity index (χ1n) is 9.53. The summed E-state index contributed by atoms with van der Waals surface area (Å²) in [5, 5.41) is 3.17. The second-order valence-corrected chi connectivity index (χ2v) is 8.00. The predicted octanol–water partition coefficient (Wildman–Crippen LogP) is 4.09. The van der Waals surface area contributed by atoms with Crippen LogP contribution in [0.5, 0.6) is 0 Å². The van der Waals surface area contributed by atoms with Crippen LogP contribution in [0.3, 0.4) is 0 Å². The molecule has 2 aromatic carbocycles. The molecule has 0 saturated carbocycles. The van der Waals surface area contributed by atoms with Crippen LogP contribution in [-0.2, 0) is 17.5 Å². The van der Waals surface area contributed by atoms with E-state index < -0.39 is 17.6 Å². The molecule has 31 heavy (non-hydrogen) atoms. The number of hydrogen-bond donors (Lipinski definition) is 1. The summed E-state index contributed by atoms with van der Waals surface area (Å²) in [6.07, 6.45) is -4.35. The van der Waals surface area contributed by atoms with Gasteiger partial charge >= 0.3 is 6.18 Å². The van der Waals surface area contributed by atoms with Gasteiger partial charge in [-0.25, -0.2) is 0 Å². The van der Waals surface area contributed by atoms with Crippen LogP contribution in [-0.4, -0.2) is 54.3 Å². The molecular formula is C21H20Cl2F3N3O2. The van der Waals surface area contributed by atoms with E-state index in [1.165, 1.54) is 24.3 Å². The molecule has 1 N–H and O–H groups in total. The summed E-state index contributed by atoms with van der Waals surface area (Å²) in [5.41, 5.74) is 0.341. The molecule has 1 heterocycles. The second kappa shape index (κ2) is 9.89. The lowest BCUT2D eigenvalue weighted by molar-refractivity contribution is -0.137. The predicted molar refractivity (Wildman–Crippen MR) is 112 cm³/mol. The maximum atomic E-state index is 12.7. The van der Waals surface area contributed by atoms with Crippen LogP contribution in [0, 0.1) is 0 Å². The fraction of sp³-hybridized carbons (Fsp3) is 0.333. The van der Waals surface area contributed by atoms with Gasteiger partial charge in [-0.15, -0.1) is 0 Å². The highest BCUT2D eigenvalue weighted by molar-refractivity contribution is 6.36. The van der Waals surface area contributed by atoms with E-state index in [0.29, 0.717) is 37.7 Å². The fourth-order valence-electron chi connectivity index (χ4n) is 3.25. The topological polar surface area (TPSA) is 52.7 Å². The van der Waals surface area contributed by atoms with Crippen molar-refractivity contribution in [3.05, 3.63) is 69.2 Å². The third kappa shape index (κ3) is 6.35. The van der Waals surface area contributed by atoms with Crippen LogP contribution in [0.15, 0.2) is 42.5 Å². The molecule has 0 aliphatic carbocycles. The number of hydrogen-bond acceptors (Lipinski definition) is 3. The number of amides is 2. The van der Waals surface area contributed by atoms with Crippen LogP contribution in [0.25, 0.3) is 0 Å². The van der Waals surface area contributed by atoms with E-state index >= 15 is 0 Å². The van der Waals surface area contributed by atoms with Crippen LogP contribution >= 0.6 is 23.2 Å². The van der Waals surface area contributed by atoms with Crippen molar-refractivity contribution in [2.24, 2.45) is 0 Å². The highest BCUT2D eigenvalue weighted by Crippen LogP contribution is 2.29. The van der Waals surface area contributed by atoms with Gasteiger partial charge in [0.05, 0.1) is 22.7 Å². The quantitative estimate of drug-likeness (QED) is 0.711. The van der Waals surface area contributed by atoms with Crippen LogP contribution in [0.2, 0.25) is 10.0 Å². The van der Waals surface area contributed by atoms with Gasteiger partial charge in [0.2, 0.25) is 5.91 Å². The van der Waals surface area contributed by atoms with Gasteiger partial charge in [0.1, 0.15) is 0 Å². The molecule has 0 atom stereocenters. The lowest BCUT2D eigenvalue weighted by atomic mass is 10.1. The Morgan fingerprint density at radius 2 is 1.61 bits per heavy atom. The Bertz CT molecular complexity index is 944. The molecule has 1 fully saturated rings. The monoisotopic (exact) mass is 473 g/mol. The minimum atomic E-state index is -4.35. The largest absolute Gasteiger partial charge is 0.416 e. The van der Waals surface area contributed by atoms with Gasteiger partial charge in [-0.3, -0.25) is 14.5 Å². The van der Waals surface area contributed by atoms with Crippen molar-refractivity contribution in [1.82, 2.24) is 15.1 Å². The van der Waals surface area contributed by atoms with Crippen LogP contribution in [0.4, 0.5) is 13.2 Å². The Kier molecular flexibility index (Phi) is 7.46. The van der Waals surface area contributed by atoms with E-state index in [1.54, 1.807) is 11.0 Å². The minimum absolute atomic E-state index is 0.156. The summed E-state index contributed by atoms with van der Waals surface area (Å²) in [6.45, 7) is 2.46. The molecule has 1 saturated heterocycles. The Balaban J connectivity index is 1.44. The number of halogens is 5. The van der Waals surface area contributed by atoms with E-state index in [2.05, 4.69) is 10.2 Å². The van der Waals surface area contributed by atoms with Crippen molar-refractivity contribution in [3.63, 3.8) is 0 Å². The van der Waals surface area contributed by atoms with Gasteiger partial charge < -0.3 is 10.2 Å². The van der Waals surface area contributed by atoms with Crippen LogP contribution in [0.1, 0.15) is 21.5 Å². The molecule has 2 aromatic rings. The summed E-state index contributed by atoms with van der Waals surface area (Å²) in [6, 6.07) is 9.57. The van der Waals surface area contributed by atoms with Gasteiger partial charge in [-0.05, 0) is 35.9 Å². The molecular weight excluding hydrogens is 454 g/mol. The van der Waals surface area contributed by atoms with Crippen molar-refractivity contribution >= 4 is 35.0 Å². The number of nitrogens with zero attached hydrogens (tertiary/aromatic N) is 2. The molecule has 5 nitrogen and oxygen atoms in total. The molecule has 0 unspecified atom stereocenters. The van der Waals surface area contributed by atoms with Gasteiger partial charge in [0.15, 0.2) is 0 Å². The number of rotatable bonds is 5. The third-order valence-electron chi connectivity index (χ3n) is 4.99. The summed E-state index contributed by atoms with van der Waals surface area (Å²) in [5.74, 6) is -0.677. The normalized spacial score (nSPS) is 15.1. The van der Waals surface area contributed by atoms with Gasteiger partial charge in [-0.1, -0.05) is 35.3 Å². The molecule has 10 heteroatoms. The smallest absolute Gasteiger partial charge is 0.343 e. The molecule has 0 bridgehead atoms. The van der Waals surface area contributed by atoms with Gasteiger partial charge in [0, 0.05) is 37.7 Å². The van der Waals surface area contributed by atoms with Crippen molar-refractivity contribution < 1.29 is 22.8 Å². The highest BCUT2D eigenvalue weighted by Gasteiger charge is 2.30. The van der Waals surface area contributed by atoms with E-state index in [-0.39, 0.29) is 23.0 Å². The number of carbonyl (C=O) groups excluding carboxylic acids is 2. The first-order valence-corrected chi connectivity index (χ1v) is 10.3. The van der Waals surface area contributed by atoms with Crippen molar-refractivity contribution in [3.8, 4) is 0 Å². The summed E-state index contributed by atoms with van der Waals surface area (Å²) in [7, 11) is 0. The molecule has 1 aliphatic heterocycles. The van der Waals surface area contributed by atoms with Gasteiger partial charge in [-0.2, -0.15) is 13.2 Å². The zero-order valence-corrected chi connectivity index (χ0v) is 17.9. The zero-order valence-electron chi connectivity index (χ0n) is 16.4. The molecule has 3 rings (SSSR count). The summed E-state index contributed by atoms with van der Waals surface area (Å²) >= 11 is 11.8. The number of benzene rings is 2. The minimum Gasteiger partial charge on any atom is -0.343 e. The van der Waals surface area contributed by atoms with Gasteiger partial charge in [0.25, 0.3) is 5.91 Å². The van der Waals surface area contributed by atoms with E-state index in [0.717, 1.165) is 17.7 Å². The molecule has 0 spiro atoms. The lowest BCUT2D eigenvalue weighted by Crippen LogP contribution is -2.50. The maximum absolute atomic E-state index is 12.7. The highest BCUT2D eigenvalue weighted by atomic mass is 35.5. The standard InChI is InChI=1S/C21H20Cl2F3N3O2/c22-16-5-6-17(18(23)11-16)20(31)27-12-19(30)29-9-7-28(8-10-29)13-14-1-3-15(4-2-14)21(24,25)26/h1-6,11H,7-10,12-13H2,(H,27,31). The lowest BCUT2D eigenvalue weighted by Gasteiger charge is -2.34. The first-order chi connectivity index (χ1) is 14.6. The number of nitrogens with one attached hydrogen (secondary N) is 1. The Morgan fingerprint density at radius 3 is 2.19 bits per heavy atom. The molecule has 0 radical (unpaired) electrons. The van der Waals surface area contributed by atoms with Crippen molar-refractivity contribution in [2.45, 2.75) is 12.7 Å². The molecule has 166 valence electrons. The zero-order chi connectivity index (χ0) is 22.6. The number of piperazine rings is 1. The number of alkyl halides is 3. The molecule has 0 aromatic heterocycles. The SMILES string of the molecule is O=C(NCC(=O)N1CCN(Cc2ccc(C(F)(F)F)cc2)CC1)c1ccc(Cl)cc1Cl. The Labute approximate surface area is 187 Å².